The van der Waals surface area contributed by atoms with E-state index in [1.54, 1.807) is 0 Å². The lowest BCUT2D eigenvalue weighted by molar-refractivity contribution is 0.387. The molecular formula is C15H25NS. The molecule has 1 N–H and O–H groups in total. The maximum Gasteiger partial charge on any atom is 0.0438 e. The van der Waals surface area contributed by atoms with Crippen LogP contribution in [0.5, 0.6) is 0 Å². The van der Waals surface area contributed by atoms with Crippen molar-refractivity contribution in [3.63, 3.8) is 0 Å². The van der Waals surface area contributed by atoms with Gasteiger partial charge < -0.3 is 5.32 Å². The Labute approximate surface area is 110 Å². The molecule has 2 rings (SSSR count). The fraction of sp³-hybridized carbons (Fsp3) is 0.733. The molecule has 0 aromatic carbocycles. The summed E-state index contributed by atoms with van der Waals surface area (Å²) in [7, 11) is 0. The molecule has 1 unspecified atom stereocenters. The summed E-state index contributed by atoms with van der Waals surface area (Å²) in [6, 6.07) is 4.97. The van der Waals surface area contributed by atoms with Crippen molar-refractivity contribution in [1.82, 2.24) is 5.32 Å². The SMILES string of the molecule is CC(C)C(NCCC1CCCC1)c1cccs1. The van der Waals surface area contributed by atoms with Crippen LogP contribution in [-0.4, -0.2) is 6.54 Å². The fourth-order valence-corrected chi connectivity index (χ4v) is 3.85. The third-order valence-electron chi connectivity index (χ3n) is 3.91. The van der Waals surface area contributed by atoms with Crippen LogP contribution in [0.2, 0.25) is 0 Å². The van der Waals surface area contributed by atoms with Gasteiger partial charge in [0.05, 0.1) is 0 Å². The Bertz CT molecular complexity index is 299. The summed E-state index contributed by atoms with van der Waals surface area (Å²) < 4.78 is 0. The minimum atomic E-state index is 0.552. The molecule has 0 radical (unpaired) electrons. The van der Waals surface area contributed by atoms with Crippen molar-refractivity contribution in [3.05, 3.63) is 22.4 Å². The van der Waals surface area contributed by atoms with Gasteiger partial charge in [-0.3, -0.25) is 0 Å². The summed E-state index contributed by atoms with van der Waals surface area (Å²) in [5.41, 5.74) is 0. The van der Waals surface area contributed by atoms with Crippen LogP contribution in [0.15, 0.2) is 17.5 Å². The molecule has 1 nitrogen and oxygen atoms in total. The molecule has 1 atom stereocenters. The molecular weight excluding hydrogens is 226 g/mol. The zero-order valence-corrected chi connectivity index (χ0v) is 11.9. The average Bonchev–Trinajstić information content (AvgIpc) is 2.96. The van der Waals surface area contributed by atoms with E-state index in [4.69, 9.17) is 0 Å². The number of rotatable bonds is 6. The van der Waals surface area contributed by atoms with Gasteiger partial charge in [-0.2, -0.15) is 0 Å². The summed E-state index contributed by atoms with van der Waals surface area (Å²) in [5.74, 6) is 1.68. The third-order valence-corrected chi connectivity index (χ3v) is 4.86. The van der Waals surface area contributed by atoms with Gasteiger partial charge in [-0.1, -0.05) is 45.6 Å². The first-order chi connectivity index (χ1) is 8.27. The summed E-state index contributed by atoms with van der Waals surface area (Å²) in [5, 5.41) is 5.94. The summed E-state index contributed by atoms with van der Waals surface area (Å²) in [6.07, 6.45) is 7.22. The smallest absolute Gasteiger partial charge is 0.0438 e. The lowest BCUT2D eigenvalue weighted by Crippen LogP contribution is -2.26. The summed E-state index contributed by atoms with van der Waals surface area (Å²) >= 11 is 1.88. The lowest BCUT2D eigenvalue weighted by Gasteiger charge is -2.22. The van der Waals surface area contributed by atoms with Gasteiger partial charge >= 0.3 is 0 Å². The number of nitrogens with one attached hydrogen (secondary N) is 1. The van der Waals surface area contributed by atoms with Gasteiger partial charge in [0.25, 0.3) is 0 Å². The Balaban J connectivity index is 1.78. The first kappa shape index (κ1) is 13.1. The minimum Gasteiger partial charge on any atom is -0.309 e. The molecule has 1 aromatic heterocycles. The lowest BCUT2D eigenvalue weighted by atomic mass is 10.0. The standard InChI is InChI=1S/C15H25NS/c1-12(2)15(14-8-5-11-17-14)16-10-9-13-6-3-4-7-13/h5,8,11-13,15-16H,3-4,6-7,9-10H2,1-2H3. The Morgan fingerprint density at radius 2 is 2.12 bits per heavy atom. The molecule has 96 valence electrons. The second-order valence-electron chi connectivity index (χ2n) is 5.63. The maximum absolute atomic E-state index is 3.76. The average molecular weight is 251 g/mol. The Morgan fingerprint density at radius 1 is 1.35 bits per heavy atom. The third kappa shape index (κ3) is 3.82. The van der Waals surface area contributed by atoms with Gasteiger partial charge in [0.15, 0.2) is 0 Å². The van der Waals surface area contributed by atoms with Crippen LogP contribution in [0.4, 0.5) is 0 Å². The van der Waals surface area contributed by atoms with Crippen molar-refractivity contribution in [1.29, 1.82) is 0 Å². The molecule has 0 bridgehead atoms. The van der Waals surface area contributed by atoms with Crippen molar-refractivity contribution in [2.24, 2.45) is 11.8 Å². The van der Waals surface area contributed by atoms with Gasteiger partial charge in [0, 0.05) is 10.9 Å². The van der Waals surface area contributed by atoms with Gasteiger partial charge in [-0.25, -0.2) is 0 Å². The monoisotopic (exact) mass is 251 g/mol. The van der Waals surface area contributed by atoms with Gasteiger partial charge in [0.1, 0.15) is 0 Å². The van der Waals surface area contributed by atoms with Crippen molar-refractivity contribution in [3.8, 4) is 0 Å². The number of hydrogen-bond donors (Lipinski definition) is 1. The highest BCUT2D eigenvalue weighted by atomic mass is 32.1. The van der Waals surface area contributed by atoms with Crippen LogP contribution >= 0.6 is 11.3 Å². The van der Waals surface area contributed by atoms with E-state index in [0.29, 0.717) is 12.0 Å². The Kier molecular flexibility index (Phi) is 5.05. The predicted molar refractivity (Wildman–Crippen MR) is 76.5 cm³/mol. The van der Waals surface area contributed by atoms with E-state index >= 15 is 0 Å². The van der Waals surface area contributed by atoms with E-state index in [-0.39, 0.29) is 0 Å². The Hall–Kier alpha value is -0.340. The maximum atomic E-state index is 3.76. The molecule has 0 spiro atoms. The molecule has 1 aliphatic carbocycles. The van der Waals surface area contributed by atoms with Crippen LogP contribution in [-0.2, 0) is 0 Å². The van der Waals surface area contributed by atoms with Crippen LogP contribution < -0.4 is 5.32 Å². The van der Waals surface area contributed by atoms with Gasteiger partial charge in [-0.05, 0) is 36.2 Å². The van der Waals surface area contributed by atoms with E-state index < -0.39 is 0 Å². The molecule has 1 aromatic rings. The quantitative estimate of drug-likeness (QED) is 0.778. The molecule has 0 amide bonds. The van der Waals surface area contributed by atoms with Crippen LogP contribution in [0, 0.1) is 11.8 Å². The number of hydrogen-bond acceptors (Lipinski definition) is 2. The Morgan fingerprint density at radius 3 is 2.71 bits per heavy atom. The first-order valence-corrected chi connectivity index (χ1v) is 7.92. The first-order valence-electron chi connectivity index (χ1n) is 7.04. The van der Waals surface area contributed by atoms with Gasteiger partial charge in [0.2, 0.25) is 0 Å². The highest BCUT2D eigenvalue weighted by Gasteiger charge is 2.18. The normalized spacial score (nSPS) is 19.0. The summed E-state index contributed by atoms with van der Waals surface area (Å²) in [4.78, 5) is 1.49. The molecule has 1 saturated carbocycles. The highest BCUT2D eigenvalue weighted by Crippen LogP contribution is 2.29. The molecule has 0 saturated heterocycles. The van der Waals surface area contributed by atoms with E-state index in [9.17, 15) is 0 Å². The molecule has 1 heterocycles. The highest BCUT2D eigenvalue weighted by molar-refractivity contribution is 7.10. The number of thiophene rings is 1. The van der Waals surface area contributed by atoms with Crippen LogP contribution in [0.3, 0.4) is 0 Å². The van der Waals surface area contributed by atoms with Crippen molar-refractivity contribution in [2.45, 2.75) is 52.0 Å². The predicted octanol–water partition coefficient (Wildman–Crippen LogP) is 4.62. The largest absolute Gasteiger partial charge is 0.309 e. The van der Waals surface area contributed by atoms with Crippen molar-refractivity contribution >= 4 is 11.3 Å². The van der Waals surface area contributed by atoms with E-state index in [0.717, 1.165) is 5.92 Å². The van der Waals surface area contributed by atoms with Crippen molar-refractivity contribution < 1.29 is 0 Å². The topological polar surface area (TPSA) is 12.0 Å². The van der Waals surface area contributed by atoms with Gasteiger partial charge in [-0.15, -0.1) is 11.3 Å². The molecule has 1 fully saturated rings. The zero-order chi connectivity index (χ0) is 12.1. The molecule has 17 heavy (non-hydrogen) atoms. The molecule has 1 aliphatic rings. The van der Waals surface area contributed by atoms with E-state index in [1.165, 1.54) is 43.5 Å². The summed E-state index contributed by atoms with van der Waals surface area (Å²) in [6.45, 7) is 5.81. The second-order valence-corrected chi connectivity index (χ2v) is 6.61. The minimum absolute atomic E-state index is 0.552. The fourth-order valence-electron chi connectivity index (χ4n) is 2.88. The van der Waals surface area contributed by atoms with E-state index in [1.807, 2.05) is 11.3 Å². The molecule has 2 heteroatoms. The van der Waals surface area contributed by atoms with Crippen LogP contribution in [0.25, 0.3) is 0 Å². The van der Waals surface area contributed by atoms with E-state index in [2.05, 4.69) is 36.7 Å². The second kappa shape index (κ2) is 6.55. The zero-order valence-electron chi connectivity index (χ0n) is 11.1. The molecule has 0 aliphatic heterocycles. The van der Waals surface area contributed by atoms with Crippen molar-refractivity contribution in [2.75, 3.05) is 6.54 Å². The van der Waals surface area contributed by atoms with Crippen LogP contribution in [0.1, 0.15) is 56.9 Å².